The van der Waals surface area contributed by atoms with Gasteiger partial charge in [-0.05, 0) is 18.6 Å². The minimum Gasteiger partial charge on any atom is -0.508 e. The molecule has 1 aromatic carbocycles. The zero-order valence-corrected chi connectivity index (χ0v) is 12.3. The van der Waals surface area contributed by atoms with E-state index < -0.39 is 0 Å². The Balaban J connectivity index is 2.12. The molecule has 0 radical (unpaired) electrons. The van der Waals surface area contributed by atoms with E-state index in [1.807, 2.05) is 0 Å². The van der Waals surface area contributed by atoms with E-state index in [4.69, 9.17) is 28.4 Å². The topological polar surface area (TPSA) is 72.8 Å². The largest absolute Gasteiger partial charge is 0.508 e. The fraction of sp³-hybridized carbons (Fsp3) is 0.462. The summed E-state index contributed by atoms with van der Waals surface area (Å²) in [6.45, 7) is 1.48. The molecule has 1 fully saturated rings. The van der Waals surface area contributed by atoms with Crippen LogP contribution in [0.2, 0.25) is 10.0 Å². The SMILES string of the molecule is O=C1CC(c2c(O)ccc(Cl)c2Cl)CN1CCCNO. The van der Waals surface area contributed by atoms with Gasteiger partial charge in [0.05, 0.1) is 10.0 Å². The molecule has 110 valence electrons. The van der Waals surface area contributed by atoms with Gasteiger partial charge in [-0.2, -0.15) is 0 Å². The van der Waals surface area contributed by atoms with Crippen molar-refractivity contribution in [1.82, 2.24) is 10.4 Å². The first kappa shape index (κ1) is 15.4. The maximum atomic E-state index is 11.9. The Morgan fingerprint density at radius 3 is 2.85 bits per heavy atom. The first-order valence-electron chi connectivity index (χ1n) is 6.36. The molecule has 1 heterocycles. The molecule has 1 aliphatic rings. The fourth-order valence-corrected chi connectivity index (χ4v) is 2.95. The second-order valence-corrected chi connectivity index (χ2v) is 5.58. The number of benzene rings is 1. The lowest BCUT2D eigenvalue weighted by atomic mass is 9.97. The molecule has 1 saturated heterocycles. The monoisotopic (exact) mass is 318 g/mol. The van der Waals surface area contributed by atoms with Gasteiger partial charge in [-0.3, -0.25) is 4.79 Å². The van der Waals surface area contributed by atoms with Gasteiger partial charge in [0.1, 0.15) is 5.75 Å². The molecule has 1 aromatic rings. The van der Waals surface area contributed by atoms with Crippen LogP contribution in [-0.2, 0) is 4.79 Å². The van der Waals surface area contributed by atoms with Crippen LogP contribution in [-0.4, -0.2) is 40.8 Å². The van der Waals surface area contributed by atoms with Crippen molar-refractivity contribution in [2.24, 2.45) is 0 Å². The number of hydrogen-bond donors (Lipinski definition) is 3. The van der Waals surface area contributed by atoms with Gasteiger partial charge in [0.15, 0.2) is 0 Å². The second-order valence-electron chi connectivity index (χ2n) is 4.80. The summed E-state index contributed by atoms with van der Waals surface area (Å²) in [5, 5.41) is 19.1. The number of amides is 1. The van der Waals surface area contributed by atoms with Crippen molar-refractivity contribution < 1.29 is 15.1 Å². The summed E-state index contributed by atoms with van der Waals surface area (Å²) in [5.41, 5.74) is 2.60. The first-order chi connectivity index (χ1) is 9.54. The van der Waals surface area contributed by atoms with E-state index in [1.54, 1.807) is 4.90 Å². The lowest BCUT2D eigenvalue weighted by Gasteiger charge is -2.18. The lowest BCUT2D eigenvalue weighted by Crippen LogP contribution is -2.28. The van der Waals surface area contributed by atoms with E-state index in [2.05, 4.69) is 5.48 Å². The molecule has 2 rings (SSSR count). The highest BCUT2D eigenvalue weighted by molar-refractivity contribution is 6.42. The van der Waals surface area contributed by atoms with E-state index in [-0.39, 0.29) is 17.6 Å². The minimum atomic E-state index is -0.157. The van der Waals surface area contributed by atoms with Crippen LogP contribution in [0.3, 0.4) is 0 Å². The van der Waals surface area contributed by atoms with Gasteiger partial charge >= 0.3 is 0 Å². The molecule has 3 N–H and O–H groups in total. The summed E-state index contributed by atoms with van der Waals surface area (Å²) in [7, 11) is 0. The number of nitrogens with zero attached hydrogens (tertiary/aromatic N) is 1. The molecule has 7 heteroatoms. The predicted molar refractivity (Wildman–Crippen MR) is 76.5 cm³/mol. The summed E-state index contributed by atoms with van der Waals surface area (Å²) >= 11 is 12.1. The van der Waals surface area contributed by atoms with Crippen LogP contribution >= 0.6 is 23.2 Å². The van der Waals surface area contributed by atoms with E-state index in [1.165, 1.54) is 12.1 Å². The Hall–Kier alpha value is -1.01. The van der Waals surface area contributed by atoms with Crippen LogP contribution in [0.1, 0.15) is 24.3 Å². The number of nitrogens with one attached hydrogen (secondary N) is 1. The Labute approximate surface area is 127 Å². The number of hydroxylamine groups is 1. The molecule has 1 atom stereocenters. The van der Waals surface area contributed by atoms with Crippen molar-refractivity contribution in [2.75, 3.05) is 19.6 Å². The lowest BCUT2D eigenvalue weighted by molar-refractivity contribution is -0.127. The van der Waals surface area contributed by atoms with Crippen LogP contribution in [0.15, 0.2) is 12.1 Å². The van der Waals surface area contributed by atoms with Crippen molar-refractivity contribution in [3.05, 3.63) is 27.7 Å². The normalized spacial score (nSPS) is 18.9. The highest BCUT2D eigenvalue weighted by atomic mass is 35.5. The molecule has 1 unspecified atom stereocenters. The number of carbonyl (C=O) groups is 1. The molecule has 0 bridgehead atoms. The van der Waals surface area contributed by atoms with Gasteiger partial charge in [-0.25, -0.2) is 5.48 Å². The number of hydrogen-bond acceptors (Lipinski definition) is 4. The zero-order valence-electron chi connectivity index (χ0n) is 10.8. The van der Waals surface area contributed by atoms with Crippen molar-refractivity contribution in [3.63, 3.8) is 0 Å². The molecule has 0 aliphatic carbocycles. The number of rotatable bonds is 5. The van der Waals surface area contributed by atoms with Gasteiger partial charge in [0.25, 0.3) is 0 Å². The number of likely N-dealkylation sites (tertiary alicyclic amines) is 1. The van der Waals surface area contributed by atoms with Gasteiger partial charge < -0.3 is 15.2 Å². The third kappa shape index (κ3) is 3.17. The summed E-state index contributed by atoms with van der Waals surface area (Å²) in [5.74, 6) is -0.0738. The van der Waals surface area contributed by atoms with Crippen molar-refractivity contribution >= 4 is 29.1 Å². The maximum absolute atomic E-state index is 11.9. The number of carbonyl (C=O) groups excluding carboxylic acids is 1. The van der Waals surface area contributed by atoms with Crippen LogP contribution in [0.5, 0.6) is 5.75 Å². The molecule has 1 aliphatic heterocycles. The van der Waals surface area contributed by atoms with Gasteiger partial charge in [0, 0.05) is 37.5 Å². The van der Waals surface area contributed by atoms with Crippen molar-refractivity contribution in [3.8, 4) is 5.75 Å². The van der Waals surface area contributed by atoms with Crippen LogP contribution in [0.25, 0.3) is 0 Å². The van der Waals surface area contributed by atoms with E-state index >= 15 is 0 Å². The van der Waals surface area contributed by atoms with Gasteiger partial charge in [-0.15, -0.1) is 0 Å². The summed E-state index contributed by atoms with van der Waals surface area (Å²) < 4.78 is 0. The molecule has 0 saturated carbocycles. The molecular weight excluding hydrogens is 303 g/mol. The third-order valence-electron chi connectivity index (χ3n) is 3.45. The average Bonchev–Trinajstić information content (AvgIpc) is 2.76. The van der Waals surface area contributed by atoms with Crippen LogP contribution < -0.4 is 5.48 Å². The number of halogens is 2. The Morgan fingerprint density at radius 2 is 2.15 bits per heavy atom. The van der Waals surface area contributed by atoms with E-state index in [0.717, 1.165) is 0 Å². The average molecular weight is 319 g/mol. The highest BCUT2D eigenvalue weighted by Gasteiger charge is 2.33. The minimum absolute atomic E-state index is 0.0170. The fourth-order valence-electron chi connectivity index (χ4n) is 2.48. The summed E-state index contributed by atoms with van der Waals surface area (Å²) in [6, 6.07) is 3.02. The van der Waals surface area contributed by atoms with Crippen LogP contribution in [0, 0.1) is 0 Å². The maximum Gasteiger partial charge on any atom is 0.223 e. The first-order valence-corrected chi connectivity index (χ1v) is 7.11. The highest BCUT2D eigenvalue weighted by Crippen LogP contribution is 2.41. The molecule has 0 aromatic heterocycles. The number of aromatic hydroxyl groups is 1. The molecular formula is C13H16Cl2N2O3. The summed E-state index contributed by atoms with van der Waals surface area (Å²) in [4.78, 5) is 13.7. The van der Waals surface area contributed by atoms with Crippen molar-refractivity contribution in [2.45, 2.75) is 18.8 Å². The predicted octanol–water partition coefficient (Wildman–Crippen LogP) is 2.38. The smallest absolute Gasteiger partial charge is 0.223 e. The standard InChI is InChI=1S/C13H16Cl2N2O3/c14-9-2-3-10(18)12(13(9)15)8-6-11(19)17(7-8)5-1-4-16-20/h2-3,8,16,18,20H,1,4-7H2. The van der Waals surface area contributed by atoms with Crippen LogP contribution in [0.4, 0.5) is 0 Å². The molecule has 0 spiro atoms. The number of phenolic OH excluding ortho intramolecular Hbond substituents is 1. The Kier molecular flexibility index (Phi) is 5.10. The second kappa shape index (κ2) is 6.63. The zero-order chi connectivity index (χ0) is 14.7. The Morgan fingerprint density at radius 1 is 1.40 bits per heavy atom. The molecule has 5 nitrogen and oxygen atoms in total. The Bertz CT molecular complexity index is 511. The van der Waals surface area contributed by atoms with Gasteiger partial charge in [-0.1, -0.05) is 23.2 Å². The summed E-state index contributed by atoms with van der Waals surface area (Å²) in [6.07, 6.45) is 0.963. The van der Waals surface area contributed by atoms with E-state index in [0.29, 0.717) is 48.1 Å². The molecule has 20 heavy (non-hydrogen) atoms. The van der Waals surface area contributed by atoms with Gasteiger partial charge in [0.2, 0.25) is 5.91 Å². The quantitative estimate of drug-likeness (QED) is 0.575. The number of phenols is 1. The molecule has 1 amide bonds. The van der Waals surface area contributed by atoms with E-state index in [9.17, 15) is 9.90 Å². The third-order valence-corrected chi connectivity index (χ3v) is 4.27. The van der Waals surface area contributed by atoms with Crippen molar-refractivity contribution in [1.29, 1.82) is 0 Å².